The zero-order chi connectivity index (χ0) is 19.8. The van der Waals surface area contributed by atoms with Crippen LogP contribution in [-0.2, 0) is 14.3 Å². The molecule has 0 aliphatic rings. The van der Waals surface area contributed by atoms with E-state index in [0.717, 1.165) is 51.7 Å². The van der Waals surface area contributed by atoms with E-state index in [1.165, 1.54) is 0 Å². The van der Waals surface area contributed by atoms with Crippen molar-refractivity contribution in [2.24, 2.45) is 5.41 Å². The second-order valence-electron chi connectivity index (χ2n) is 8.13. The first kappa shape index (κ1) is 24.6. The lowest BCUT2D eigenvalue weighted by atomic mass is 9.96. The van der Waals surface area contributed by atoms with Crippen molar-refractivity contribution in [2.45, 2.75) is 85.7 Å². The summed E-state index contributed by atoms with van der Waals surface area (Å²) in [5.74, 6) is 0.110. The van der Waals surface area contributed by atoms with Gasteiger partial charge in [0.1, 0.15) is 0 Å². The average molecular weight is 369 g/mol. The Labute approximate surface area is 160 Å². The third-order valence-electron chi connectivity index (χ3n) is 3.71. The largest absolute Gasteiger partial charge is 0.379 e. The number of rotatable bonds is 14. The number of amides is 2. The molecule has 0 aromatic heterocycles. The number of carbonyl (C=O) groups is 2. The number of carbonyl (C=O) groups excluding carboxylic acids is 2. The number of hydrogen-bond acceptors (Lipinski definition) is 3. The van der Waals surface area contributed by atoms with E-state index < -0.39 is 0 Å². The van der Waals surface area contributed by atoms with Crippen molar-refractivity contribution in [3.8, 4) is 0 Å². The van der Waals surface area contributed by atoms with Gasteiger partial charge < -0.3 is 15.4 Å². The summed E-state index contributed by atoms with van der Waals surface area (Å²) in [4.78, 5) is 23.3. The Balaban J connectivity index is 3.41. The van der Waals surface area contributed by atoms with Gasteiger partial charge in [-0.25, -0.2) is 0 Å². The molecule has 0 aliphatic carbocycles. The van der Waals surface area contributed by atoms with Gasteiger partial charge >= 0.3 is 0 Å². The number of nitrogens with one attached hydrogen (secondary N) is 2. The van der Waals surface area contributed by atoms with Gasteiger partial charge in [-0.2, -0.15) is 0 Å². The lowest BCUT2D eigenvalue weighted by Gasteiger charge is -2.10. The Hall–Kier alpha value is -1.36. The van der Waals surface area contributed by atoms with Crippen molar-refractivity contribution in [3.05, 3.63) is 12.2 Å². The molecule has 0 rings (SSSR count). The molecule has 0 saturated heterocycles. The van der Waals surface area contributed by atoms with Crippen LogP contribution in [0.25, 0.3) is 0 Å². The Kier molecular flexibility index (Phi) is 14.0. The van der Waals surface area contributed by atoms with Crippen LogP contribution in [0.1, 0.15) is 79.6 Å². The van der Waals surface area contributed by atoms with Crippen molar-refractivity contribution < 1.29 is 14.3 Å². The molecule has 0 bridgehead atoms. The van der Waals surface area contributed by atoms with Crippen LogP contribution in [0.2, 0.25) is 0 Å². The maximum Gasteiger partial charge on any atom is 0.243 e. The smallest absolute Gasteiger partial charge is 0.243 e. The van der Waals surface area contributed by atoms with E-state index in [0.29, 0.717) is 13.0 Å². The Bertz CT molecular complexity index is 412. The monoisotopic (exact) mass is 368 g/mol. The van der Waals surface area contributed by atoms with Gasteiger partial charge in [0.25, 0.3) is 0 Å². The summed E-state index contributed by atoms with van der Waals surface area (Å²) in [6.07, 6.45) is 10.3. The van der Waals surface area contributed by atoms with E-state index in [4.69, 9.17) is 4.74 Å². The SMILES string of the molecule is CC(C)OCCCCC(=O)NCCCCCCNC(=O)/C=C/C(C)(C)C. The first-order chi connectivity index (χ1) is 12.2. The molecule has 0 radical (unpaired) electrons. The van der Waals surface area contributed by atoms with Gasteiger partial charge in [0.15, 0.2) is 0 Å². The molecule has 5 heteroatoms. The summed E-state index contributed by atoms with van der Waals surface area (Å²) in [6, 6.07) is 0. The fourth-order valence-corrected chi connectivity index (χ4v) is 2.22. The standard InChI is InChI=1S/C21H40N2O3/c1-18(2)26-17-11-8-12-19(24)22-15-9-6-7-10-16-23-20(25)13-14-21(3,4)5/h13-14,18H,6-12,15-17H2,1-5H3,(H,22,24)(H,23,25)/b14-13+. The lowest BCUT2D eigenvalue weighted by Crippen LogP contribution is -2.24. The summed E-state index contributed by atoms with van der Waals surface area (Å²) >= 11 is 0. The molecule has 0 aromatic rings. The van der Waals surface area contributed by atoms with E-state index >= 15 is 0 Å². The van der Waals surface area contributed by atoms with Crippen LogP contribution >= 0.6 is 0 Å². The maximum absolute atomic E-state index is 11.7. The van der Waals surface area contributed by atoms with E-state index in [1.807, 2.05) is 19.9 Å². The maximum atomic E-state index is 11.7. The van der Waals surface area contributed by atoms with Crippen molar-refractivity contribution >= 4 is 11.8 Å². The molecule has 2 amide bonds. The molecule has 0 spiro atoms. The molecule has 0 fully saturated rings. The molecule has 2 N–H and O–H groups in total. The van der Waals surface area contributed by atoms with Crippen LogP contribution in [0.4, 0.5) is 0 Å². The third kappa shape index (κ3) is 19.0. The molecule has 0 aromatic carbocycles. The highest BCUT2D eigenvalue weighted by molar-refractivity contribution is 5.87. The topological polar surface area (TPSA) is 67.4 Å². The number of hydrogen-bond donors (Lipinski definition) is 2. The van der Waals surface area contributed by atoms with Crippen molar-refractivity contribution in [3.63, 3.8) is 0 Å². The quantitative estimate of drug-likeness (QED) is 0.360. The number of unbranched alkanes of at least 4 members (excludes halogenated alkanes) is 4. The minimum Gasteiger partial charge on any atom is -0.379 e. The number of allylic oxidation sites excluding steroid dienone is 1. The van der Waals surface area contributed by atoms with Crippen LogP contribution in [0, 0.1) is 5.41 Å². The molecule has 0 heterocycles. The summed E-state index contributed by atoms with van der Waals surface area (Å²) in [7, 11) is 0. The molecule has 0 unspecified atom stereocenters. The van der Waals surface area contributed by atoms with Crippen LogP contribution in [0.15, 0.2) is 12.2 Å². The minimum atomic E-state index is -0.0222. The summed E-state index contributed by atoms with van der Waals surface area (Å²) in [5.41, 5.74) is 0.0314. The van der Waals surface area contributed by atoms with Gasteiger partial charge in [-0.05, 0) is 51.0 Å². The third-order valence-corrected chi connectivity index (χ3v) is 3.71. The lowest BCUT2D eigenvalue weighted by molar-refractivity contribution is -0.121. The fraction of sp³-hybridized carbons (Fsp3) is 0.810. The van der Waals surface area contributed by atoms with Crippen molar-refractivity contribution in [1.82, 2.24) is 10.6 Å². The van der Waals surface area contributed by atoms with Gasteiger partial charge in [0.05, 0.1) is 6.10 Å². The van der Waals surface area contributed by atoms with E-state index in [2.05, 4.69) is 31.4 Å². The van der Waals surface area contributed by atoms with Gasteiger partial charge in [-0.3, -0.25) is 9.59 Å². The molecule has 26 heavy (non-hydrogen) atoms. The zero-order valence-electron chi connectivity index (χ0n) is 17.5. The molecule has 152 valence electrons. The van der Waals surface area contributed by atoms with Crippen LogP contribution in [0.3, 0.4) is 0 Å². The fourth-order valence-electron chi connectivity index (χ4n) is 2.22. The van der Waals surface area contributed by atoms with Crippen molar-refractivity contribution in [1.29, 1.82) is 0 Å². The second-order valence-corrected chi connectivity index (χ2v) is 8.13. The van der Waals surface area contributed by atoms with Gasteiger partial charge in [0, 0.05) is 26.1 Å². The zero-order valence-corrected chi connectivity index (χ0v) is 17.5. The average Bonchev–Trinajstić information content (AvgIpc) is 2.54. The summed E-state index contributed by atoms with van der Waals surface area (Å²) in [6.45, 7) is 12.4. The summed E-state index contributed by atoms with van der Waals surface area (Å²) < 4.78 is 5.45. The van der Waals surface area contributed by atoms with Gasteiger partial charge in [-0.15, -0.1) is 0 Å². The normalized spacial score (nSPS) is 11.9. The molecular weight excluding hydrogens is 328 g/mol. The highest BCUT2D eigenvalue weighted by Gasteiger charge is 2.05. The molecule has 5 nitrogen and oxygen atoms in total. The van der Waals surface area contributed by atoms with E-state index in [-0.39, 0.29) is 23.3 Å². The van der Waals surface area contributed by atoms with Crippen LogP contribution in [0.5, 0.6) is 0 Å². The summed E-state index contributed by atoms with van der Waals surface area (Å²) in [5, 5.41) is 5.86. The Morgan fingerprint density at radius 3 is 2.12 bits per heavy atom. The minimum absolute atomic E-state index is 0.0222. The highest BCUT2D eigenvalue weighted by Crippen LogP contribution is 2.13. The molecular formula is C21H40N2O3. The molecule has 0 saturated carbocycles. The van der Waals surface area contributed by atoms with E-state index in [9.17, 15) is 9.59 Å². The first-order valence-electron chi connectivity index (χ1n) is 10.1. The van der Waals surface area contributed by atoms with E-state index in [1.54, 1.807) is 6.08 Å². The van der Waals surface area contributed by atoms with Crippen LogP contribution in [-0.4, -0.2) is 37.6 Å². The van der Waals surface area contributed by atoms with Crippen LogP contribution < -0.4 is 10.6 Å². The number of ether oxygens (including phenoxy) is 1. The molecule has 0 atom stereocenters. The van der Waals surface area contributed by atoms with Gasteiger partial charge in [-0.1, -0.05) is 39.7 Å². The highest BCUT2D eigenvalue weighted by atomic mass is 16.5. The predicted molar refractivity (Wildman–Crippen MR) is 108 cm³/mol. The second kappa shape index (κ2) is 14.8. The Morgan fingerprint density at radius 1 is 0.923 bits per heavy atom. The first-order valence-corrected chi connectivity index (χ1v) is 10.1. The van der Waals surface area contributed by atoms with Gasteiger partial charge in [0.2, 0.25) is 11.8 Å². The Morgan fingerprint density at radius 2 is 1.54 bits per heavy atom. The van der Waals surface area contributed by atoms with Crippen molar-refractivity contribution in [2.75, 3.05) is 19.7 Å². The molecule has 0 aliphatic heterocycles. The predicted octanol–water partition coefficient (Wildman–Crippen LogP) is 3.98.